The third kappa shape index (κ3) is 4.63. The molecular formula is C23H21F3N2O3S. The van der Waals surface area contributed by atoms with Crippen LogP contribution in [0.3, 0.4) is 0 Å². The molecule has 1 saturated heterocycles. The first-order valence-electron chi connectivity index (χ1n) is 10.1. The number of carbonyl (C=O) groups is 1. The lowest BCUT2D eigenvalue weighted by Crippen LogP contribution is -2.43. The Morgan fingerprint density at radius 2 is 1.72 bits per heavy atom. The largest absolute Gasteiger partial charge is 0.416 e. The van der Waals surface area contributed by atoms with E-state index in [9.17, 15) is 26.4 Å². The lowest BCUT2D eigenvalue weighted by molar-refractivity contribution is -0.137. The summed E-state index contributed by atoms with van der Waals surface area (Å²) in [5.74, 6) is -1.16. The number of sulfonamides is 1. The number of amides is 1. The van der Waals surface area contributed by atoms with Crippen LogP contribution in [-0.4, -0.2) is 31.7 Å². The van der Waals surface area contributed by atoms with Crippen molar-refractivity contribution in [1.82, 2.24) is 4.31 Å². The molecule has 1 fully saturated rings. The number of rotatable bonds is 4. The standard InChI is InChI=1S/C23H21F3N2O3S/c24-23(25,26)19-8-3-9-20(14-19)27-22(29)18-7-4-12-28(15-18)32(30,31)21-11-10-16-5-1-2-6-17(16)13-21/h1-3,5-6,8-11,13-14,18H,4,7,12,15H2,(H,27,29)/t18-/m0/s1. The van der Waals surface area contributed by atoms with E-state index in [0.717, 1.165) is 22.9 Å². The summed E-state index contributed by atoms with van der Waals surface area (Å²) in [6.07, 6.45) is -3.58. The van der Waals surface area contributed by atoms with Gasteiger partial charge in [0.15, 0.2) is 0 Å². The lowest BCUT2D eigenvalue weighted by atomic mass is 9.98. The Morgan fingerprint density at radius 1 is 0.969 bits per heavy atom. The molecule has 0 radical (unpaired) electrons. The molecule has 1 atom stereocenters. The molecule has 0 aromatic heterocycles. The van der Waals surface area contributed by atoms with E-state index < -0.39 is 33.6 Å². The molecule has 0 spiro atoms. The first-order valence-corrected chi connectivity index (χ1v) is 11.6. The number of nitrogens with zero attached hydrogens (tertiary/aromatic N) is 1. The summed E-state index contributed by atoms with van der Waals surface area (Å²) in [5, 5.41) is 4.22. The van der Waals surface area contributed by atoms with Crippen LogP contribution in [0.25, 0.3) is 10.8 Å². The minimum Gasteiger partial charge on any atom is -0.326 e. The molecule has 5 nitrogen and oxygen atoms in total. The van der Waals surface area contributed by atoms with Crippen molar-refractivity contribution >= 4 is 32.4 Å². The predicted octanol–water partition coefficient (Wildman–Crippen LogP) is 4.90. The molecule has 0 aliphatic carbocycles. The van der Waals surface area contributed by atoms with Crippen LogP contribution >= 0.6 is 0 Å². The van der Waals surface area contributed by atoms with E-state index in [4.69, 9.17) is 0 Å². The van der Waals surface area contributed by atoms with E-state index >= 15 is 0 Å². The minimum atomic E-state index is -4.52. The van der Waals surface area contributed by atoms with Crippen LogP contribution in [0.5, 0.6) is 0 Å². The number of fused-ring (bicyclic) bond motifs is 1. The highest BCUT2D eigenvalue weighted by molar-refractivity contribution is 7.89. The maximum absolute atomic E-state index is 13.2. The summed E-state index contributed by atoms with van der Waals surface area (Å²) in [4.78, 5) is 12.8. The van der Waals surface area contributed by atoms with E-state index in [-0.39, 0.29) is 23.7 Å². The maximum atomic E-state index is 13.2. The van der Waals surface area contributed by atoms with Gasteiger partial charge >= 0.3 is 6.18 Å². The number of hydrogen-bond acceptors (Lipinski definition) is 3. The zero-order chi connectivity index (χ0) is 22.9. The number of piperidine rings is 1. The highest BCUT2D eigenvalue weighted by Crippen LogP contribution is 2.31. The predicted molar refractivity (Wildman–Crippen MR) is 116 cm³/mol. The Labute approximate surface area is 183 Å². The zero-order valence-electron chi connectivity index (χ0n) is 17.0. The fourth-order valence-electron chi connectivity index (χ4n) is 3.87. The third-order valence-electron chi connectivity index (χ3n) is 5.57. The van der Waals surface area contributed by atoms with Crippen molar-refractivity contribution in [3.8, 4) is 0 Å². The average molecular weight is 462 g/mol. The molecule has 4 rings (SSSR count). The van der Waals surface area contributed by atoms with E-state index in [0.29, 0.717) is 12.8 Å². The van der Waals surface area contributed by atoms with E-state index in [1.807, 2.05) is 24.3 Å². The molecule has 0 unspecified atom stereocenters. The van der Waals surface area contributed by atoms with Gasteiger partial charge in [-0.3, -0.25) is 4.79 Å². The average Bonchev–Trinajstić information content (AvgIpc) is 2.78. The normalized spacial score (nSPS) is 17.9. The van der Waals surface area contributed by atoms with Gasteiger partial charge in [-0.25, -0.2) is 8.42 Å². The first kappa shape index (κ1) is 22.3. The molecule has 3 aromatic rings. The lowest BCUT2D eigenvalue weighted by Gasteiger charge is -2.31. The van der Waals surface area contributed by atoms with Crippen LogP contribution in [0.4, 0.5) is 18.9 Å². The Balaban J connectivity index is 1.50. The first-order chi connectivity index (χ1) is 15.1. The number of hydrogen-bond donors (Lipinski definition) is 1. The maximum Gasteiger partial charge on any atom is 0.416 e. The van der Waals surface area contributed by atoms with Crippen molar-refractivity contribution in [3.63, 3.8) is 0 Å². The van der Waals surface area contributed by atoms with E-state index in [1.165, 1.54) is 16.4 Å². The van der Waals surface area contributed by atoms with Gasteiger partial charge in [0.05, 0.1) is 16.4 Å². The van der Waals surface area contributed by atoms with Crippen molar-refractivity contribution in [2.45, 2.75) is 23.9 Å². The van der Waals surface area contributed by atoms with Crippen LogP contribution in [0.15, 0.2) is 71.6 Å². The van der Waals surface area contributed by atoms with Gasteiger partial charge in [-0.1, -0.05) is 36.4 Å². The Morgan fingerprint density at radius 3 is 2.47 bits per heavy atom. The number of alkyl halides is 3. The zero-order valence-corrected chi connectivity index (χ0v) is 17.8. The van der Waals surface area contributed by atoms with Crippen molar-refractivity contribution in [3.05, 3.63) is 72.3 Å². The summed E-state index contributed by atoms with van der Waals surface area (Å²) < 4.78 is 66.4. The second-order valence-electron chi connectivity index (χ2n) is 7.78. The summed E-state index contributed by atoms with van der Waals surface area (Å²) in [5.41, 5.74) is -0.834. The number of anilines is 1. The summed E-state index contributed by atoms with van der Waals surface area (Å²) in [6.45, 7) is 0.252. The molecule has 1 aliphatic heterocycles. The molecule has 0 saturated carbocycles. The fourth-order valence-corrected chi connectivity index (χ4v) is 5.43. The third-order valence-corrected chi connectivity index (χ3v) is 7.43. The van der Waals surface area contributed by atoms with Gasteiger partial charge in [0.1, 0.15) is 0 Å². The van der Waals surface area contributed by atoms with Gasteiger partial charge in [0.2, 0.25) is 15.9 Å². The van der Waals surface area contributed by atoms with Crippen molar-refractivity contribution in [1.29, 1.82) is 0 Å². The smallest absolute Gasteiger partial charge is 0.326 e. The number of nitrogens with one attached hydrogen (secondary N) is 1. The molecule has 9 heteroatoms. The van der Waals surface area contributed by atoms with Crippen LogP contribution in [0.1, 0.15) is 18.4 Å². The number of halogens is 3. The molecule has 0 bridgehead atoms. The van der Waals surface area contributed by atoms with Crippen LogP contribution < -0.4 is 5.32 Å². The van der Waals surface area contributed by atoms with Gasteiger partial charge in [-0.15, -0.1) is 0 Å². The SMILES string of the molecule is O=C(Nc1cccc(C(F)(F)F)c1)[C@H]1CCCN(S(=O)(=O)c2ccc3ccccc3c2)C1. The molecule has 1 aliphatic rings. The highest BCUT2D eigenvalue weighted by Gasteiger charge is 2.34. The number of carbonyl (C=O) groups excluding carboxylic acids is 1. The quantitative estimate of drug-likeness (QED) is 0.600. The molecule has 1 amide bonds. The summed E-state index contributed by atoms with van der Waals surface area (Å²) >= 11 is 0. The number of benzene rings is 3. The monoisotopic (exact) mass is 462 g/mol. The Kier molecular flexibility index (Phi) is 5.96. The minimum absolute atomic E-state index is 0.0272. The van der Waals surface area contributed by atoms with Gasteiger partial charge in [0.25, 0.3) is 0 Å². The second kappa shape index (κ2) is 8.55. The van der Waals surface area contributed by atoms with E-state index in [1.54, 1.807) is 18.2 Å². The topological polar surface area (TPSA) is 66.5 Å². The molecule has 168 valence electrons. The molecule has 1 heterocycles. The van der Waals surface area contributed by atoms with Crippen LogP contribution in [0, 0.1) is 5.92 Å². The van der Waals surface area contributed by atoms with Crippen LogP contribution in [-0.2, 0) is 21.0 Å². The van der Waals surface area contributed by atoms with Crippen molar-refractivity contribution < 1.29 is 26.4 Å². The van der Waals surface area contributed by atoms with Gasteiger partial charge < -0.3 is 5.32 Å². The Hall–Kier alpha value is -2.91. The molecule has 1 N–H and O–H groups in total. The summed E-state index contributed by atoms with van der Waals surface area (Å²) in [6, 6.07) is 16.7. The van der Waals surface area contributed by atoms with E-state index in [2.05, 4.69) is 5.32 Å². The van der Waals surface area contributed by atoms with Gasteiger partial charge in [-0.2, -0.15) is 17.5 Å². The molecule has 3 aromatic carbocycles. The second-order valence-corrected chi connectivity index (χ2v) is 9.72. The van der Waals surface area contributed by atoms with Gasteiger partial charge in [-0.05, 0) is 53.9 Å². The fraction of sp³-hybridized carbons (Fsp3) is 0.261. The highest BCUT2D eigenvalue weighted by atomic mass is 32.2. The van der Waals surface area contributed by atoms with Crippen molar-refractivity contribution in [2.24, 2.45) is 5.92 Å². The molecular weight excluding hydrogens is 441 g/mol. The van der Waals surface area contributed by atoms with Gasteiger partial charge in [0, 0.05) is 18.8 Å². The van der Waals surface area contributed by atoms with Crippen LogP contribution in [0.2, 0.25) is 0 Å². The molecule has 32 heavy (non-hydrogen) atoms. The van der Waals surface area contributed by atoms with Crippen molar-refractivity contribution in [2.75, 3.05) is 18.4 Å². The Bertz CT molecular complexity index is 1260. The summed E-state index contributed by atoms with van der Waals surface area (Å²) in [7, 11) is -3.81.